The summed E-state index contributed by atoms with van der Waals surface area (Å²) in [6, 6.07) is 6.69. The van der Waals surface area contributed by atoms with Gasteiger partial charge < -0.3 is 20.5 Å². The summed E-state index contributed by atoms with van der Waals surface area (Å²) in [7, 11) is 1.59. The molecule has 0 saturated heterocycles. The number of hydrogen-bond acceptors (Lipinski definition) is 3. The van der Waals surface area contributed by atoms with Crippen molar-refractivity contribution in [2.75, 3.05) is 20.3 Å². The second kappa shape index (κ2) is 5.74. The average molecular weight is 210 g/mol. The van der Waals surface area contributed by atoms with Crippen LogP contribution in [0, 0.1) is 0 Å². The SMILES string of the molecule is COc1cccc(OCCNC(N)=O)c1. The Labute approximate surface area is 88.2 Å². The van der Waals surface area contributed by atoms with Crippen molar-refractivity contribution < 1.29 is 14.3 Å². The van der Waals surface area contributed by atoms with Gasteiger partial charge in [0.25, 0.3) is 0 Å². The largest absolute Gasteiger partial charge is 0.497 e. The molecule has 1 aromatic carbocycles. The number of primary amides is 1. The van der Waals surface area contributed by atoms with Crippen LogP contribution in [-0.4, -0.2) is 26.3 Å². The van der Waals surface area contributed by atoms with Gasteiger partial charge >= 0.3 is 6.03 Å². The van der Waals surface area contributed by atoms with Crippen molar-refractivity contribution in [3.05, 3.63) is 24.3 Å². The molecule has 0 heterocycles. The Balaban J connectivity index is 2.33. The van der Waals surface area contributed by atoms with Gasteiger partial charge in [-0.05, 0) is 12.1 Å². The summed E-state index contributed by atoms with van der Waals surface area (Å²) in [5.41, 5.74) is 4.89. The normalized spacial score (nSPS) is 9.40. The Hall–Kier alpha value is -1.91. The lowest BCUT2D eigenvalue weighted by atomic mass is 10.3. The fourth-order valence-corrected chi connectivity index (χ4v) is 1.03. The summed E-state index contributed by atoms with van der Waals surface area (Å²) < 4.78 is 10.4. The molecule has 0 spiro atoms. The Bertz CT molecular complexity index is 328. The molecular weight excluding hydrogens is 196 g/mol. The minimum Gasteiger partial charge on any atom is -0.497 e. The minimum absolute atomic E-state index is 0.371. The summed E-state index contributed by atoms with van der Waals surface area (Å²) in [5.74, 6) is 1.43. The van der Waals surface area contributed by atoms with Crippen LogP contribution in [0.25, 0.3) is 0 Å². The summed E-state index contributed by atoms with van der Waals surface area (Å²) in [4.78, 5) is 10.3. The van der Waals surface area contributed by atoms with Crippen molar-refractivity contribution in [1.29, 1.82) is 0 Å². The second-order valence-electron chi connectivity index (χ2n) is 2.82. The van der Waals surface area contributed by atoms with Crippen molar-refractivity contribution in [2.24, 2.45) is 5.73 Å². The minimum atomic E-state index is -0.552. The lowest BCUT2D eigenvalue weighted by Crippen LogP contribution is -2.32. The van der Waals surface area contributed by atoms with Crippen molar-refractivity contribution in [2.45, 2.75) is 0 Å². The number of amides is 2. The molecule has 15 heavy (non-hydrogen) atoms. The molecule has 3 N–H and O–H groups in total. The van der Waals surface area contributed by atoms with E-state index in [-0.39, 0.29) is 0 Å². The molecule has 0 aliphatic heterocycles. The first kappa shape index (κ1) is 11.2. The number of ether oxygens (including phenoxy) is 2. The van der Waals surface area contributed by atoms with E-state index in [1.165, 1.54) is 0 Å². The molecule has 0 fully saturated rings. The summed E-state index contributed by atoms with van der Waals surface area (Å²) in [6.07, 6.45) is 0. The van der Waals surface area contributed by atoms with Crippen molar-refractivity contribution in [3.63, 3.8) is 0 Å². The van der Waals surface area contributed by atoms with E-state index in [0.29, 0.717) is 18.9 Å². The number of carbonyl (C=O) groups excluding carboxylic acids is 1. The van der Waals surface area contributed by atoms with Gasteiger partial charge in [0.2, 0.25) is 0 Å². The molecule has 82 valence electrons. The number of nitrogens with one attached hydrogen (secondary N) is 1. The molecule has 0 aliphatic carbocycles. The van der Waals surface area contributed by atoms with E-state index in [9.17, 15) is 4.79 Å². The summed E-state index contributed by atoms with van der Waals surface area (Å²) >= 11 is 0. The number of hydrogen-bond donors (Lipinski definition) is 2. The van der Waals surface area contributed by atoms with Gasteiger partial charge in [0.05, 0.1) is 13.7 Å². The molecular formula is C10H14N2O3. The van der Waals surface area contributed by atoms with E-state index < -0.39 is 6.03 Å². The molecule has 0 unspecified atom stereocenters. The third kappa shape index (κ3) is 4.21. The zero-order chi connectivity index (χ0) is 11.1. The van der Waals surface area contributed by atoms with E-state index in [1.54, 1.807) is 13.2 Å². The first-order chi connectivity index (χ1) is 7.22. The van der Waals surface area contributed by atoms with Crippen molar-refractivity contribution in [1.82, 2.24) is 5.32 Å². The van der Waals surface area contributed by atoms with Crippen LogP contribution < -0.4 is 20.5 Å². The lowest BCUT2D eigenvalue weighted by molar-refractivity contribution is 0.244. The van der Waals surface area contributed by atoms with Crippen LogP contribution in [0.1, 0.15) is 0 Å². The monoisotopic (exact) mass is 210 g/mol. The van der Waals surface area contributed by atoms with Crippen molar-refractivity contribution in [3.8, 4) is 11.5 Å². The maximum Gasteiger partial charge on any atom is 0.312 e. The number of carbonyl (C=O) groups is 1. The number of methoxy groups -OCH3 is 1. The first-order valence-corrected chi connectivity index (χ1v) is 4.52. The van der Waals surface area contributed by atoms with Crippen LogP contribution in [0.4, 0.5) is 4.79 Å². The highest BCUT2D eigenvalue weighted by atomic mass is 16.5. The predicted octanol–water partition coefficient (Wildman–Crippen LogP) is 0.742. The average Bonchev–Trinajstić information content (AvgIpc) is 2.24. The maximum atomic E-state index is 10.3. The van der Waals surface area contributed by atoms with Gasteiger partial charge in [-0.15, -0.1) is 0 Å². The van der Waals surface area contributed by atoms with Gasteiger partial charge in [0.15, 0.2) is 0 Å². The van der Waals surface area contributed by atoms with Crippen LogP contribution in [0.5, 0.6) is 11.5 Å². The van der Waals surface area contributed by atoms with Crippen LogP contribution >= 0.6 is 0 Å². The van der Waals surface area contributed by atoms with E-state index >= 15 is 0 Å². The second-order valence-corrected chi connectivity index (χ2v) is 2.82. The highest BCUT2D eigenvalue weighted by molar-refractivity contribution is 5.71. The molecule has 0 radical (unpaired) electrons. The Kier molecular flexibility index (Phi) is 4.28. The van der Waals surface area contributed by atoms with E-state index in [1.807, 2.05) is 18.2 Å². The van der Waals surface area contributed by atoms with Gasteiger partial charge in [-0.2, -0.15) is 0 Å². The van der Waals surface area contributed by atoms with Crippen LogP contribution in [0.2, 0.25) is 0 Å². The molecule has 5 nitrogen and oxygen atoms in total. The molecule has 0 saturated carbocycles. The topological polar surface area (TPSA) is 73.6 Å². The third-order valence-electron chi connectivity index (χ3n) is 1.71. The van der Waals surface area contributed by atoms with Crippen LogP contribution in [-0.2, 0) is 0 Å². The van der Waals surface area contributed by atoms with E-state index in [0.717, 1.165) is 5.75 Å². The maximum absolute atomic E-state index is 10.3. The zero-order valence-electron chi connectivity index (χ0n) is 8.53. The molecule has 0 atom stereocenters. The number of benzene rings is 1. The fourth-order valence-electron chi connectivity index (χ4n) is 1.03. The third-order valence-corrected chi connectivity index (χ3v) is 1.71. The first-order valence-electron chi connectivity index (χ1n) is 4.52. The Morgan fingerprint density at radius 1 is 1.47 bits per heavy atom. The predicted molar refractivity (Wildman–Crippen MR) is 56.1 cm³/mol. The molecule has 1 aromatic rings. The molecule has 0 aromatic heterocycles. The highest BCUT2D eigenvalue weighted by Gasteiger charge is 1.96. The molecule has 5 heteroatoms. The summed E-state index contributed by atoms with van der Waals surface area (Å²) in [6.45, 7) is 0.753. The highest BCUT2D eigenvalue weighted by Crippen LogP contribution is 2.18. The lowest BCUT2D eigenvalue weighted by Gasteiger charge is -2.07. The smallest absolute Gasteiger partial charge is 0.312 e. The van der Waals surface area contributed by atoms with Gasteiger partial charge in [0.1, 0.15) is 18.1 Å². The van der Waals surface area contributed by atoms with Crippen LogP contribution in [0.15, 0.2) is 24.3 Å². The van der Waals surface area contributed by atoms with Gasteiger partial charge in [-0.1, -0.05) is 6.07 Å². The quantitative estimate of drug-likeness (QED) is 0.704. The molecule has 0 bridgehead atoms. The zero-order valence-corrected chi connectivity index (χ0v) is 8.53. The van der Waals surface area contributed by atoms with Gasteiger partial charge in [-0.3, -0.25) is 0 Å². The number of rotatable bonds is 5. The molecule has 1 rings (SSSR count). The van der Waals surface area contributed by atoms with Crippen LogP contribution in [0.3, 0.4) is 0 Å². The van der Waals surface area contributed by atoms with E-state index in [2.05, 4.69) is 5.32 Å². The van der Waals surface area contributed by atoms with E-state index in [4.69, 9.17) is 15.2 Å². The summed E-state index contributed by atoms with van der Waals surface area (Å²) in [5, 5.41) is 2.43. The van der Waals surface area contributed by atoms with Gasteiger partial charge in [0, 0.05) is 6.07 Å². The standard InChI is InChI=1S/C10H14N2O3/c1-14-8-3-2-4-9(7-8)15-6-5-12-10(11)13/h2-4,7H,5-6H2,1H3,(H3,11,12,13). The van der Waals surface area contributed by atoms with Crippen molar-refractivity contribution >= 4 is 6.03 Å². The Morgan fingerprint density at radius 3 is 2.87 bits per heavy atom. The Morgan fingerprint density at radius 2 is 2.20 bits per heavy atom. The van der Waals surface area contributed by atoms with Gasteiger partial charge in [-0.25, -0.2) is 4.79 Å². The molecule has 0 aliphatic rings. The molecule has 2 amide bonds. The number of urea groups is 1. The fraction of sp³-hybridized carbons (Fsp3) is 0.300. The number of nitrogens with two attached hydrogens (primary N) is 1.